The van der Waals surface area contributed by atoms with Gasteiger partial charge in [0, 0.05) is 0 Å². The van der Waals surface area contributed by atoms with Crippen molar-refractivity contribution in [1.82, 2.24) is 0 Å². The van der Waals surface area contributed by atoms with Crippen LogP contribution < -0.4 is 0 Å². The Bertz CT molecular complexity index is 114. The van der Waals surface area contributed by atoms with E-state index in [1.165, 1.54) is 0 Å². The molecule has 0 aliphatic carbocycles. The van der Waals surface area contributed by atoms with E-state index >= 15 is 0 Å². The van der Waals surface area contributed by atoms with Crippen molar-refractivity contribution in [3.63, 3.8) is 0 Å². The Labute approximate surface area is 45.3 Å². The van der Waals surface area contributed by atoms with Crippen LogP contribution in [0.5, 0.6) is 0 Å². The van der Waals surface area contributed by atoms with Gasteiger partial charge in [0.05, 0.1) is 12.0 Å². The van der Waals surface area contributed by atoms with E-state index in [2.05, 4.69) is 4.74 Å². The molecule has 0 saturated heterocycles. The molecule has 0 atom stereocenters. The molecule has 0 saturated carbocycles. The number of ether oxygens (including phenoxy) is 1. The van der Waals surface area contributed by atoms with Gasteiger partial charge in [-0.05, 0) is 0 Å². The van der Waals surface area contributed by atoms with Crippen LogP contribution in [0.3, 0.4) is 0 Å². The standard InChI is InChI=1S/C3H5NO4/c1-8-3(2-5)4(6)7/h2H,1H3,(H,6,7). The predicted octanol–water partition coefficient (Wildman–Crippen LogP) is -0.870. The van der Waals surface area contributed by atoms with Gasteiger partial charge in [0.1, 0.15) is 0 Å². The molecule has 46 valence electrons. The largest absolute Gasteiger partial charge is 0.466 e. The fraction of sp³-hybridized carbons (Fsp3) is 0.333. The van der Waals surface area contributed by atoms with Crippen molar-refractivity contribution in [2.75, 3.05) is 7.11 Å². The normalized spacial score (nSPS) is 12.1. The molecule has 0 bridgehead atoms. The molecule has 0 rings (SSSR count). The zero-order chi connectivity index (χ0) is 6.57. The quantitative estimate of drug-likeness (QED) is 0.122. The molecular formula is C3H5NO4. The minimum atomic E-state index is -0.662. The van der Waals surface area contributed by atoms with Gasteiger partial charge in [0.2, 0.25) is 0 Å². The molecule has 0 aliphatic heterocycles. The first kappa shape index (κ1) is 6.74. The monoisotopic (exact) mass is 119 g/mol. The number of rotatable bonds is 1. The van der Waals surface area contributed by atoms with Crippen molar-refractivity contribution in [2.24, 2.45) is 0 Å². The molecule has 5 heteroatoms. The minimum Gasteiger partial charge on any atom is -0.441 e. The molecule has 1 N–H and O–H groups in total. The van der Waals surface area contributed by atoms with Crippen LogP contribution in [0.15, 0.2) is 0 Å². The zero-order valence-electron chi connectivity index (χ0n) is 4.20. The van der Waals surface area contributed by atoms with Gasteiger partial charge in [0.15, 0.2) is 0 Å². The maximum absolute atomic E-state index is 9.68. The van der Waals surface area contributed by atoms with Crippen LogP contribution in [0.2, 0.25) is 0 Å². The van der Waals surface area contributed by atoms with Crippen LogP contribution in [0.4, 0.5) is 0 Å². The first-order valence-electron chi connectivity index (χ1n) is 1.74. The second kappa shape index (κ2) is 2.84. The van der Waals surface area contributed by atoms with Crippen LogP contribution in [-0.4, -0.2) is 29.4 Å². The lowest BCUT2D eigenvalue weighted by atomic mass is 10.8. The van der Waals surface area contributed by atoms with Gasteiger partial charge >= 0.3 is 5.90 Å². The topological polar surface area (TPSA) is 72.6 Å². The van der Waals surface area contributed by atoms with E-state index in [0.29, 0.717) is 0 Å². The summed E-state index contributed by atoms with van der Waals surface area (Å²) in [6.45, 7) is 0. The third-order valence-electron chi connectivity index (χ3n) is 0.498. The van der Waals surface area contributed by atoms with Gasteiger partial charge in [-0.3, -0.25) is 10.0 Å². The number of nitrogens with zero attached hydrogens (tertiary/aromatic N) is 1. The third-order valence-corrected chi connectivity index (χ3v) is 0.498. The molecule has 0 amide bonds. The predicted molar refractivity (Wildman–Crippen MR) is 23.5 cm³/mol. The summed E-state index contributed by atoms with van der Waals surface area (Å²) in [5.74, 6) is -0.662. The molecule has 0 heterocycles. The SMILES string of the molecule is CO/C(C=O)=[N+](\[O-])O. The first-order valence-corrected chi connectivity index (χ1v) is 1.74. The number of carbonyl (C=O) groups excluding carboxylic acids is 1. The van der Waals surface area contributed by atoms with Gasteiger partial charge in [-0.1, -0.05) is 0 Å². The lowest BCUT2D eigenvalue weighted by Gasteiger charge is -1.88. The molecule has 0 aromatic heterocycles. The van der Waals surface area contributed by atoms with Crippen molar-refractivity contribution in [3.8, 4) is 0 Å². The summed E-state index contributed by atoms with van der Waals surface area (Å²) in [5, 5.41) is 17.6. The highest BCUT2D eigenvalue weighted by Crippen LogP contribution is 1.69. The molecule has 5 nitrogen and oxygen atoms in total. The summed E-state index contributed by atoms with van der Waals surface area (Å²) < 4.78 is 4.07. The molecule has 0 radical (unpaired) electrons. The van der Waals surface area contributed by atoms with Gasteiger partial charge in [0.25, 0.3) is 6.29 Å². The fourth-order valence-electron chi connectivity index (χ4n) is 0.171. The van der Waals surface area contributed by atoms with Crippen molar-refractivity contribution in [2.45, 2.75) is 0 Å². The van der Waals surface area contributed by atoms with E-state index in [0.717, 1.165) is 7.11 Å². The highest BCUT2D eigenvalue weighted by Gasteiger charge is 2.05. The summed E-state index contributed by atoms with van der Waals surface area (Å²) in [4.78, 5) is 8.97. The van der Waals surface area contributed by atoms with E-state index < -0.39 is 10.8 Å². The average molecular weight is 119 g/mol. The molecular weight excluding hydrogens is 114 g/mol. The highest BCUT2D eigenvalue weighted by atomic mass is 16.8. The Kier molecular flexibility index (Phi) is 2.39. The number of aldehydes is 1. The molecule has 0 aromatic rings. The molecule has 0 aromatic carbocycles. The number of carbonyl (C=O) groups is 1. The molecule has 8 heavy (non-hydrogen) atoms. The first-order chi connectivity index (χ1) is 3.72. The zero-order valence-corrected chi connectivity index (χ0v) is 4.20. The Morgan fingerprint density at radius 1 is 2.00 bits per heavy atom. The van der Waals surface area contributed by atoms with Crippen molar-refractivity contribution in [1.29, 1.82) is 0 Å². The van der Waals surface area contributed by atoms with E-state index in [9.17, 15) is 10.0 Å². The van der Waals surface area contributed by atoms with Crippen LogP contribution in [0.25, 0.3) is 0 Å². The maximum atomic E-state index is 9.68. The van der Waals surface area contributed by atoms with Gasteiger partial charge in [-0.2, -0.15) is 0 Å². The van der Waals surface area contributed by atoms with Crippen LogP contribution >= 0.6 is 0 Å². The van der Waals surface area contributed by atoms with Crippen molar-refractivity contribution in [3.05, 3.63) is 5.21 Å². The molecule has 0 fully saturated rings. The Hall–Kier alpha value is -1.26. The summed E-state index contributed by atoms with van der Waals surface area (Å²) in [6, 6.07) is 0. The van der Waals surface area contributed by atoms with E-state index in [1.807, 2.05) is 0 Å². The van der Waals surface area contributed by atoms with E-state index in [-0.39, 0.29) is 6.29 Å². The van der Waals surface area contributed by atoms with Gasteiger partial charge < -0.3 is 9.94 Å². The number of hydrogen-bond acceptors (Lipinski definition) is 4. The van der Waals surface area contributed by atoms with Gasteiger partial charge in [-0.15, -0.1) is 0 Å². The Balaban J connectivity index is 4.07. The Morgan fingerprint density at radius 2 is 2.50 bits per heavy atom. The van der Waals surface area contributed by atoms with Crippen LogP contribution in [0.1, 0.15) is 0 Å². The summed E-state index contributed by atoms with van der Waals surface area (Å²) in [6.07, 6.45) is 0.104. The number of hydrogen-bond donors (Lipinski definition) is 1. The van der Waals surface area contributed by atoms with Crippen LogP contribution in [0, 0.1) is 5.21 Å². The molecule has 0 unspecified atom stereocenters. The minimum absolute atomic E-state index is 0.104. The summed E-state index contributed by atoms with van der Waals surface area (Å²) in [7, 11) is 1.10. The smallest absolute Gasteiger partial charge is 0.441 e. The van der Waals surface area contributed by atoms with Crippen molar-refractivity contribution >= 4 is 12.2 Å². The summed E-state index contributed by atoms with van der Waals surface area (Å²) >= 11 is 0. The fourth-order valence-corrected chi connectivity index (χ4v) is 0.171. The lowest BCUT2D eigenvalue weighted by Crippen LogP contribution is -2.15. The average Bonchev–Trinajstić information content (AvgIpc) is 1.69. The van der Waals surface area contributed by atoms with Gasteiger partial charge in [-0.25, -0.2) is 0 Å². The van der Waals surface area contributed by atoms with E-state index in [1.54, 1.807) is 0 Å². The third kappa shape index (κ3) is 1.46. The highest BCUT2D eigenvalue weighted by molar-refractivity contribution is 6.20. The van der Waals surface area contributed by atoms with Crippen LogP contribution in [-0.2, 0) is 9.53 Å². The van der Waals surface area contributed by atoms with E-state index in [4.69, 9.17) is 5.21 Å². The second-order valence-electron chi connectivity index (χ2n) is 0.933. The molecule has 0 aliphatic rings. The molecule has 0 spiro atoms. The Morgan fingerprint density at radius 3 is 2.50 bits per heavy atom. The second-order valence-corrected chi connectivity index (χ2v) is 0.933. The lowest BCUT2D eigenvalue weighted by molar-refractivity contribution is -0.729. The maximum Gasteiger partial charge on any atom is 0.466 e. The van der Waals surface area contributed by atoms with Crippen molar-refractivity contribution < 1.29 is 19.6 Å². The summed E-state index contributed by atoms with van der Waals surface area (Å²) in [5.41, 5.74) is 0. The number of methoxy groups -OCH3 is 1.